The second-order valence-corrected chi connectivity index (χ2v) is 5.54. The molecule has 1 aromatic rings. The van der Waals surface area contributed by atoms with Crippen LogP contribution in [0, 0.1) is 11.7 Å². The first-order valence-electron chi connectivity index (χ1n) is 6.68. The van der Waals surface area contributed by atoms with Gasteiger partial charge in [-0.05, 0) is 37.0 Å². The Labute approximate surface area is 126 Å². The zero-order chi connectivity index (χ0) is 15.4. The summed E-state index contributed by atoms with van der Waals surface area (Å²) < 4.78 is 13.6. The number of likely N-dealkylation sites (tertiary alicyclic amines) is 1. The van der Waals surface area contributed by atoms with Crippen LogP contribution in [0.5, 0.6) is 0 Å². The number of aliphatic carboxylic acids is 1. The summed E-state index contributed by atoms with van der Waals surface area (Å²) in [5, 5.41) is 11.5. The lowest BCUT2D eigenvalue weighted by Gasteiger charge is -2.32. The van der Waals surface area contributed by atoms with Crippen molar-refractivity contribution in [3.8, 4) is 0 Å². The molecule has 1 unspecified atom stereocenters. The fourth-order valence-electron chi connectivity index (χ4n) is 2.45. The number of carboxylic acids is 1. The second kappa shape index (κ2) is 6.76. The predicted molar refractivity (Wildman–Crippen MR) is 77.0 cm³/mol. The molecule has 0 spiro atoms. The van der Waals surface area contributed by atoms with Crippen molar-refractivity contribution in [2.75, 3.05) is 18.4 Å². The average Bonchev–Trinajstić information content (AvgIpc) is 2.41. The summed E-state index contributed by atoms with van der Waals surface area (Å²) in [7, 11) is 0. The molecular weight excluding hydrogens is 299 g/mol. The third-order valence-electron chi connectivity index (χ3n) is 3.44. The monoisotopic (exact) mass is 314 g/mol. The molecule has 0 aliphatic carbocycles. The molecule has 2 amide bonds. The molecule has 0 aromatic heterocycles. The predicted octanol–water partition coefficient (Wildman–Crippen LogP) is 3.20. The quantitative estimate of drug-likeness (QED) is 0.900. The maximum Gasteiger partial charge on any atom is 0.321 e. The topological polar surface area (TPSA) is 69.6 Å². The first-order valence-corrected chi connectivity index (χ1v) is 7.06. The molecule has 2 rings (SSSR count). The van der Waals surface area contributed by atoms with Crippen molar-refractivity contribution in [3.63, 3.8) is 0 Å². The van der Waals surface area contributed by atoms with Crippen molar-refractivity contribution in [3.05, 3.63) is 29.0 Å². The summed E-state index contributed by atoms with van der Waals surface area (Å²) >= 11 is 5.65. The van der Waals surface area contributed by atoms with Crippen LogP contribution in [0.25, 0.3) is 0 Å². The number of hydrogen-bond acceptors (Lipinski definition) is 2. The van der Waals surface area contributed by atoms with Gasteiger partial charge in [-0.1, -0.05) is 11.6 Å². The van der Waals surface area contributed by atoms with Crippen molar-refractivity contribution in [1.82, 2.24) is 4.90 Å². The van der Waals surface area contributed by atoms with Crippen LogP contribution < -0.4 is 5.32 Å². The molecule has 0 saturated carbocycles. The minimum absolute atomic E-state index is 0.0408. The molecule has 114 valence electrons. The van der Waals surface area contributed by atoms with E-state index in [1.54, 1.807) is 0 Å². The van der Waals surface area contributed by atoms with Crippen LogP contribution in [0.4, 0.5) is 14.9 Å². The Bertz CT molecular complexity index is 553. The molecule has 2 N–H and O–H groups in total. The summed E-state index contributed by atoms with van der Waals surface area (Å²) in [6, 6.07) is 3.59. The second-order valence-electron chi connectivity index (χ2n) is 5.11. The number of carbonyl (C=O) groups is 2. The minimum Gasteiger partial charge on any atom is -0.481 e. The molecule has 7 heteroatoms. The lowest BCUT2D eigenvalue weighted by Crippen LogP contribution is -2.42. The minimum atomic E-state index is -0.869. The highest BCUT2D eigenvalue weighted by Crippen LogP contribution is 2.22. The maximum absolute atomic E-state index is 13.6. The van der Waals surface area contributed by atoms with Crippen molar-refractivity contribution < 1.29 is 19.1 Å². The molecule has 1 fully saturated rings. The SMILES string of the molecule is O=C(O)CC1CCCN(C(=O)Nc2ccc(Cl)cc2F)C1. The van der Waals surface area contributed by atoms with E-state index in [1.165, 1.54) is 17.0 Å². The van der Waals surface area contributed by atoms with E-state index < -0.39 is 17.8 Å². The number of amides is 2. The molecule has 1 aliphatic rings. The van der Waals surface area contributed by atoms with Crippen LogP contribution in [0.2, 0.25) is 5.02 Å². The van der Waals surface area contributed by atoms with E-state index >= 15 is 0 Å². The van der Waals surface area contributed by atoms with Crippen LogP contribution in [-0.4, -0.2) is 35.1 Å². The number of hydrogen-bond donors (Lipinski definition) is 2. The number of benzene rings is 1. The van der Waals surface area contributed by atoms with Gasteiger partial charge in [-0.25, -0.2) is 9.18 Å². The van der Waals surface area contributed by atoms with Gasteiger partial charge in [0.1, 0.15) is 5.82 Å². The normalized spacial score (nSPS) is 18.4. The highest BCUT2D eigenvalue weighted by molar-refractivity contribution is 6.30. The van der Waals surface area contributed by atoms with Gasteiger partial charge in [-0.15, -0.1) is 0 Å². The third-order valence-corrected chi connectivity index (χ3v) is 3.68. The smallest absolute Gasteiger partial charge is 0.321 e. The Hall–Kier alpha value is -1.82. The number of carbonyl (C=O) groups excluding carboxylic acids is 1. The zero-order valence-electron chi connectivity index (χ0n) is 11.3. The van der Waals surface area contributed by atoms with E-state index in [2.05, 4.69) is 5.32 Å². The zero-order valence-corrected chi connectivity index (χ0v) is 12.1. The van der Waals surface area contributed by atoms with Gasteiger partial charge in [0.2, 0.25) is 0 Å². The number of anilines is 1. The Morgan fingerprint density at radius 3 is 2.90 bits per heavy atom. The van der Waals surface area contributed by atoms with E-state index in [-0.39, 0.29) is 23.0 Å². The summed E-state index contributed by atoms with van der Waals surface area (Å²) in [5.74, 6) is -1.53. The summed E-state index contributed by atoms with van der Waals surface area (Å²) in [4.78, 5) is 24.4. The van der Waals surface area contributed by atoms with Crippen molar-refractivity contribution >= 4 is 29.3 Å². The number of urea groups is 1. The van der Waals surface area contributed by atoms with Crippen LogP contribution in [0.15, 0.2) is 18.2 Å². The van der Waals surface area contributed by atoms with E-state index in [9.17, 15) is 14.0 Å². The van der Waals surface area contributed by atoms with Gasteiger partial charge < -0.3 is 15.3 Å². The van der Waals surface area contributed by atoms with E-state index in [4.69, 9.17) is 16.7 Å². The average molecular weight is 315 g/mol. The molecule has 0 bridgehead atoms. The number of nitrogens with one attached hydrogen (secondary N) is 1. The molecule has 21 heavy (non-hydrogen) atoms. The van der Waals surface area contributed by atoms with Crippen LogP contribution in [-0.2, 0) is 4.79 Å². The molecule has 5 nitrogen and oxygen atoms in total. The van der Waals surface area contributed by atoms with Gasteiger partial charge in [-0.3, -0.25) is 4.79 Å². The lowest BCUT2D eigenvalue weighted by atomic mass is 9.95. The Balaban J connectivity index is 1.97. The Kier molecular flexibility index (Phi) is 5.01. The summed E-state index contributed by atoms with van der Waals surface area (Å²) in [6.45, 7) is 0.907. The Morgan fingerprint density at radius 1 is 1.48 bits per heavy atom. The van der Waals surface area contributed by atoms with Crippen molar-refractivity contribution in [2.24, 2.45) is 5.92 Å². The third kappa shape index (κ3) is 4.32. The number of carboxylic acid groups (broad SMARTS) is 1. The fourth-order valence-corrected chi connectivity index (χ4v) is 2.61. The van der Waals surface area contributed by atoms with Gasteiger partial charge >= 0.3 is 12.0 Å². The summed E-state index contributed by atoms with van der Waals surface area (Å²) in [5.41, 5.74) is 0.0600. The van der Waals surface area contributed by atoms with Gasteiger partial charge in [0.05, 0.1) is 5.69 Å². The highest BCUT2D eigenvalue weighted by atomic mass is 35.5. The maximum atomic E-state index is 13.6. The lowest BCUT2D eigenvalue weighted by molar-refractivity contribution is -0.138. The van der Waals surface area contributed by atoms with Gasteiger partial charge in [-0.2, -0.15) is 0 Å². The van der Waals surface area contributed by atoms with Gasteiger partial charge in [0.15, 0.2) is 0 Å². The van der Waals surface area contributed by atoms with Crippen LogP contribution >= 0.6 is 11.6 Å². The largest absolute Gasteiger partial charge is 0.481 e. The number of nitrogens with zero attached hydrogens (tertiary/aromatic N) is 1. The molecule has 1 heterocycles. The molecule has 1 atom stereocenters. The fraction of sp³-hybridized carbons (Fsp3) is 0.429. The standard InChI is InChI=1S/C14H16ClFN2O3/c15-10-3-4-12(11(16)7-10)17-14(21)18-5-1-2-9(8-18)6-13(19)20/h3-4,7,9H,1-2,5-6,8H2,(H,17,21)(H,19,20). The number of halogens is 2. The van der Waals surface area contributed by atoms with E-state index in [1.807, 2.05) is 0 Å². The summed E-state index contributed by atoms with van der Waals surface area (Å²) in [6.07, 6.45) is 1.57. The van der Waals surface area contributed by atoms with Crippen LogP contribution in [0.3, 0.4) is 0 Å². The van der Waals surface area contributed by atoms with Crippen LogP contribution in [0.1, 0.15) is 19.3 Å². The highest BCUT2D eigenvalue weighted by Gasteiger charge is 2.25. The molecule has 1 aliphatic heterocycles. The first-order chi connectivity index (χ1) is 9.95. The van der Waals surface area contributed by atoms with Gasteiger partial charge in [0, 0.05) is 24.5 Å². The van der Waals surface area contributed by atoms with Crippen molar-refractivity contribution in [2.45, 2.75) is 19.3 Å². The van der Waals surface area contributed by atoms with Crippen molar-refractivity contribution in [1.29, 1.82) is 0 Å². The molecule has 1 aromatic carbocycles. The molecule has 0 radical (unpaired) electrons. The van der Waals surface area contributed by atoms with E-state index in [0.29, 0.717) is 13.1 Å². The first kappa shape index (κ1) is 15.6. The Morgan fingerprint density at radius 2 is 2.24 bits per heavy atom. The van der Waals surface area contributed by atoms with E-state index in [0.717, 1.165) is 18.9 Å². The molecular formula is C14H16ClFN2O3. The molecule has 1 saturated heterocycles. The van der Waals surface area contributed by atoms with Gasteiger partial charge in [0.25, 0.3) is 0 Å². The number of rotatable bonds is 3. The number of piperidine rings is 1.